The molecule has 0 aliphatic heterocycles. The van der Waals surface area contributed by atoms with Gasteiger partial charge in [0.05, 0.1) is 19.4 Å². The van der Waals surface area contributed by atoms with E-state index < -0.39 is 0 Å². The number of rotatable bonds is 4. The lowest BCUT2D eigenvalue weighted by atomic mass is 9.84. The summed E-state index contributed by atoms with van der Waals surface area (Å²) in [6.07, 6.45) is 3.57. The van der Waals surface area contributed by atoms with E-state index in [0.29, 0.717) is 5.56 Å². The van der Waals surface area contributed by atoms with Gasteiger partial charge in [-0.05, 0) is 30.5 Å². The predicted molar refractivity (Wildman–Crippen MR) is 76.0 cm³/mol. The average Bonchev–Trinajstić information content (AvgIpc) is 2.47. The molecule has 2 unspecified atom stereocenters. The zero-order valence-corrected chi connectivity index (χ0v) is 12.1. The second-order valence-electron chi connectivity index (χ2n) is 5.39. The fourth-order valence-corrected chi connectivity index (χ4v) is 2.83. The molecule has 2 atom stereocenters. The fraction of sp³-hybridized carbons (Fsp3) is 0.500. The lowest BCUT2D eigenvalue weighted by Gasteiger charge is -2.30. The summed E-state index contributed by atoms with van der Waals surface area (Å²) in [5, 5.41) is 2.89. The summed E-state index contributed by atoms with van der Waals surface area (Å²) in [6.45, 7) is 0. The van der Waals surface area contributed by atoms with Gasteiger partial charge in [0, 0.05) is 6.04 Å². The number of amides is 1. The van der Waals surface area contributed by atoms with Gasteiger partial charge in [0.25, 0.3) is 0 Å². The number of hydrogen-bond donors (Lipinski definition) is 1. The highest BCUT2D eigenvalue weighted by atomic mass is 19.1. The molecule has 1 fully saturated rings. The topological polar surface area (TPSA) is 55.4 Å². The molecule has 0 radical (unpaired) electrons. The van der Waals surface area contributed by atoms with Crippen molar-refractivity contribution in [3.63, 3.8) is 0 Å². The molecular formula is C16H20FNO3. The maximum absolute atomic E-state index is 13.1. The first-order valence-electron chi connectivity index (χ1n) is 7.22. The molecule has 4 nitrogen and oxygen atoms in total. The molecule has 21 heavy (non-hydrogen) atoms. The van der Waals surface area contributed by atoms with Crippen LogP contribution in [-0.2, 0) is 20.7 Å². The lowest BCUT2D eigenvalue weighted by molar-refractivity contribution is -0.147. The van der Waals surface area contributed by atoms with E-state index in [2.05, 4.69) is 5.32 Å². The van der Waals surface area contributed by atoms with E-state index in [9.17, 15) is 14.0 Å². The third kappa shape index (κ3) is 4.28. The van der Waals surface area contributed by atoms with Crippen molar-refractivity contribution < 1.29 is 18.7 Å². The molecular weight excluding hydrogens is 273 g/mol. The Morgan fingerprint density at radius 2 is 2.10 bits per heavy atom. The minimum Gasteiger partial charge on any atom is -0.469 e. The fourth-order valence-electron chi connectivity index (χ4n) is 2.83. The Morgan fingerprint density at radius 1 is 1.33 bits per heavy atom. The van der Waals surface area contributed by atoms with Crippen LogP contribution in [0.3, 0.4) is 0 Å². The normalized spacial score (nSPS) is 21.6. The molecule has 5 heteroatoms. The van der Waals surface area contributed by atoms with Crippen LogP contribution in [0.25, 0.3) is 0 Å². The minimum atomic E-state index is -0.356. The zero-order chi connectivity index (χ0) is 15.2. The highest BCUT2D eigenvalue weighted by Crippen LogP contribution is 2.25. The molecule has 1 saturated carbocycles. The Bertz CT molecular complexity index is 518. The van der Waals surface area contributed by atoms with Crippen molar-refractivity contribution in [1.29, 1.82) is 0 Å². The quantitative estimate of drug-likeness (QED) is 0.866. The van der Waals surface area contributed by atoms with Crippen molar-refractivity contribution in [3.8, 4) is 0 Å². The molecule has 0 spiro atoms. The van der Waals surface area contributed by atoms with Crippen LogP contribution >= 0.6 is 0 Å². The highest BCUT2D eigenvalue weighted by molar-refractivity contribution is 5.80. The van der Waals surface area contributed by atoms with Crippen LogP contribution in [0.1, 0.15) is 31.2 Å². The Labute approximate surface area is 123 Å². The zero-order valence-electron chi connectivity index (χ0n) is 12.1. The minimum absolute atomic E-state index is 0.113. The SMILES string of the molecule is COC(=O)C1CCCCC1NC(=O)Cc1cccc(F)c1. The van der Waals surface area contributed by atoms with Crippen LogP contribution in [0.15, 0.2) is 24.3 Å². The van der Waals surface area contributed by atoms with E-state index in [-0.39, 0.29) is 36.1 Å². The van der Waals surface area contributed by atoms with Gasteiger partial charge in [-0.2, -0.15) is 0 Å². The van der Waals surface area contributed by atoms with E-state index in [0.717, 1.165) is 25.7 Å². The van der Waals surface area contributed by atoms with E-state index in [1.165, 1.54) is 19.2 Å². The third-order valence-electron chi connectivity index (χ3n) is 3.87. The number of carbonyl (C=O) groups is 2. The van der Waals surface area contributed by atoms with Crippen molar-refractivity contribution in [2.75, 3.05) is 7.11 Å². The van der Waals surface area contributed by atoms with Gasteiger partial charge >= 0.3 is 5.97 Å². The molecule has 0 saturated heterocycles. The third-order valence-corrected chi connectivity index (χ3v) is 3.87. The number of esters is 1. The first-order valence-corrected chi connectivity index (χ1v) is 7.22. The van der Waals surface area contributed by atoms with Gasteiger partial charge in [-0.25, -0.2) is 4.39 Å². The number of hydrogen-bond acceptors (Lipinski definition) is 3. The molecule has 114 valence electrons. The predicted octanol–water partition coefficient (Wildman–Crippen LogP) is 2.22. The Morgan fingerprint density at radius 3 is 2.81 bits per heavy atom. The van der Waals surface area contributed by atoms with E-state index in [4.69, 9.17) is 4.74 Å². The smallest absolute Gasteiger partial charge is 0.310 e. The molecule has 0 heterocycles. The van der Waals surface area contributed by atoms with Gasteiger partial charge in [0.15, 0.2) is 0 Å². The van der Waals surface area contributed by atoms with Gasteiger partial charge in [0.2, 0.25) is 5.91 Å². The summed E-state index contributed by atoms with van der Waals surface area (Å²) in [7, 11) is 1.36. The molecule has 1 amide bonds. The summed E-state index contributed by atoms with van der Waals surface area (Å²) in [4.78, 5) is 23.8. The number of benzene rings is 1. The van der Waals surface area contributed by atoms with E-state index in [1.54, 1.807) is 12.1 Å². The van der Waals surface area contributed by atoms with Crippen molar-refractivity contribution in [2.24, 2.45) is 5.92 Å². The van der Waals surface area contributed by atoms with Crippen LogP contribution < -0.4 is 5.32 Å². The first-order chi connectivity index (χ1) is 10.1. The van der Waals surface area contributed by atoms with Gasteiger partial charge in [-0.3, -0.25) is 9.59 Å². The maximum atomic E-state index is 13.1. The molecule has 1 aliphatic rings. The van der Waals surface area contributed by atoms with Crippen molar-refractivity contribution in [3.05, 3.63) is 35.6 Å². The maximum Gasteiger partial charge on any atom is 0.310 e. The monoisotopic (exact) mass is 293 g/mol. The number of nitrogens with one attached hydrogen (secondary N) is 1. The second kappa shape index (κ2) is 7.20. The summed E-state index contributed by atoms with van der Waals surface area (Å²) >= 11 is 0. The van der Waals surface area contributed by atoms with Crippen molar-refractivity contribution in [1.82, 2.24) is 5.32 Å². The summed E-state index contributed by atoms with van der Waals surface area (Å²) in [6, 6.07) is 5.79. The number of halogens is 1. The molecule has 1 aromatic carbocycles. The summed E-state index contributed by atoms with van der Waals surface area (Å²) in [5.74, 6) is -1.10. The number of methoxy groups -OCH3 is 1. The van der Waals surface area contributed by atoms with Crippen LogP contribution in [0.2, 0.25) is 0 Å². The molecule has 2 rings (SSSR count). The largest absolute Gasteiger partial charge is 0.469 e. The average molecular weight is 293 g/mol. The first kappa shape index (κ1) is 15.5. The van der Waals surface area contributed by atoms with Gasteiger partial charge in [-0.1, -0.05) is 25.0 Å². The molecule has 0 aromatic heterocycles. The molecule has 1 aliphatic carbocycles. The second-order valence-corrected chi connectivity index (χ2v) is 5.39. The van der Waals surface area contributed by atoms with Crippen molar-refractivity contribution >= 4 is 11.9 Å². The number of ether oxygens (including phenoxy) is 1. The van der Waals surface area contributed by atoms with Crippen molar-refractivity contribution in [2.45, 2.75) is 38.1 Å². The van der Waals surface area contributed by atoms with Crippen LogP contribution in [0, 0.1) is 11.7 Å². The van der Waals surface area contributed by atoms with Gasteiger partial charge < -0.3 is 10.1 Å². The molecule has 1 N–H and O–H groups in total. The molecule has 1 aromatic rings. The van der Waals surface area contributed by atoms with E-state index in [1.807, 2.05) is 0 Å². The van der Waals surface area contributed by atoms with Gasteiger partial charge in [-0.15, -0.1) is 0 Å². The number of carbonyl (C=O) groups excluding carboxylic acids is 2. The van der Waals surface area contributed by atoms with E-state index >= 15 is 0 Å². The summed E-state index contributed by atoms with van der Waals surface area (Å²) in [5.41, 5.74) is 0.623. The summed E-state index contributed by atoms with van der Waals surface area (Å²) < 4.78 is 17.9. The van der Waals surface area contributed by atoms with Crippen LogP contribution in [0.4, 0.5) is 4.39 Å². The molecule has 0 bridgehead atoms. The van der Waals surface area contributed by atoms with Crippen LogP contribution in [-0.4, -0.2) is 25.0 Å². The van der Waals surface area contributed by atoms with Gasteiger partial charge in [0.1, 0.15) is 5.82 Å². The Balaban J connectivity index is 1.95. The lowest BCUT2D eigenvalue weighted by Crippen LogP contribution is -2.45. The van der Waals surface area contributed by atoms with Crippen LogP contribution in [0.5, 0.6) is 0 Å². The highest BCUT2D eigenvalue weighted by Gasteiger charge is 2.32. The Kier molecular flexibility index (Phi) is 5.31. The Hall–Kier alpha value is -1.91. The standard InChI is InChI=1S/C16H20FNO3/c1-21-16(20)13-7-2-3-8-14(13)18-15(19)10-11-5-4-6-12(17)9-11/h4-6,9,13-14H,2-3,7-8,10H2,1H3,(H,18,19).